The molecule has 2 aromatic heterocycles. The van der Waals surface area contributed by atoms with Crippen molar-refractivity contribution in [2.45, 2.75) is 33.0 Å². The first-order chi connectivity index (χ1) is 11.6. The van der Waals surface area contributed by atoms with Gasteiger partial charge in [-0.1, -0.05) is 44.2 Å². The third-order valence-electron chi connectivity index (χ3n) is 4.33. The van der Waals surface area contributed by atoms with Crippen LogP contribution in [0.2, 0.25) is 0 Å². The van der Waals surface area contributed by atoms with Crippen molar-refractivity contribution in [3.63, 3.8) is 0 Å². The van der Waals surface area contributed by atoms with Crippen LogP contribution in [0.5, 0.6) is 0 Å². The van der Waals surface area contributed by atoms with E-state index in [1.165, 1.54) is 5.56 Å². The molecule has 1 aliphatic rings. The number of carbonyl (C=O) groups is 1. The largest absolute Gasteiger partial charge is 0.345 e. The molecule has 0 spiro atoms. The molecule has 4 rings (SSSR count). The van der Waals surface area contributed by atoms with Crippen LogP contribution in [0.25, 0.3) is 16.9 Å². The molecule has 122 valence electrons. The van der Waals surface area contributed by atoms with Crippen LogP contribution in [0.15, 0.2) is 42.5 Å². The van der Waals surface area contributed by atoms with E-state index in [0.717, 1.165) is 29.1 Å². The van der Waals surface area contributed by atoms with Crippen molar-refractivity contribution in [3.05, 3.63) is 59.4 Å². The van der Waals surface area contributed by atoms with Gasteiger partial charge in [-0.05, 0) is 17.7 Å². The van der Waals surface area contributed by atoms with Crippen molar-refractivity contribution in [1.82, 2.24) is 20.0 Å². The van der Waals surface area contributed by atoms with E-state index in [0.29, 0.717) is 18.3 Å². The average molecular weight is 320 g/mol. The lowest BCUT2D eigenvalue weighted by Gasteiger charge is -2.16. The standard InChI is InChI=1S/C19H20N4O/c1-12(2)20-10-13-6-8-14(9-7-13)18-16-11-21-19(24)15-4-3-5-17(22-18)23(15)16/h3-9,12,20H,10-11H2,1-2H3,(H,21,24). The first kappa shape index (κ1) is 14.9. The fraction of sp³-hybridized carbons (Fsp3) is 0.263. The molecule has 3 heterocycles. The smallest absolute Gasteiger partial charge is 0.268 e. The van der Waals surface area contributed by atoms with Crippen molar-refractivity contribution in [1.29, 1.82) is 0 Å². The predicted molar refractivity (Wildman–Crippen MR) is 93.8 cm³/mol. The summed E-state index contributed by atoms with van der Waals surface area (Å²) in [5.41, 5.74) is 5.75. The summed E-state index contributed by atoms with van der Waals surface area (Å²) >= 11 is 0. The molecule has 0 saturated carbocycles. The Labute approximate surface area is 140 Å². The molecular weight excluding hydrogens is 300 g/mol. The molecular formula is C19H20N4O. The number of aromatic nitrogens is 2. The van der Waals surface area contributed by atoms with Crippen molar-refractivity contribution in [2.24, 2.45) is 0 Å². The Kier molecular flexibility index (Phi) is 3.58. The topological polar surface area (TPSA) is 58.4 Å². The van der Waals surface area contributed by atoms with Gasteiger partial charge in [-0.3, -0.25) is 9.20 Å². The number of hydrogen-bond donors (Lipinski definition) is 2. The predicted octanol–water partition coefficient (Wildman–Crippen LogP) is 2.74. The van der Waals surface area contributed by atoms with Crippen molar-refractivity contribution < 1.29 is 4.79 Å². The van der Waals surface area contributed by atoms with Crippen LogP contribution in [0, 0.1) is 0 Å². The van der Waals surface area contributed by atoms with Crippen LogP contribution >= 0.6 is 0 Å². The van der Waals surface area contributed by atoms with Crippen LogP contribution in [0.1, 0.15) is 35.6 Å². The van der Waals surface area contributed by atoms with E-state index >= 15 is 0 Å². The van der Waals surface area contributed by atoms with E-state index in [9.17, 15) is 4.79 Å². The highest BCUT2D eigenvalue weighted by atomic mass is 16.2. The molecule has 2 N–H and O–H groups in total. The van der Waals surface area contributed by atoms with E-state index < -0.39 is 0 Å². The average Bonchev–Trinajstić information content (AvgIpc) is 2.97. The zero-order valence-corrected chi connectivity index (χ0v) is 13.8. The lowest BCUT2D eigenvalue weighted by atomic mass is 10.1. The number of imidazole rings is 1. The van der Waals surface area contributed by atoms with Crippen molar-refractivity contribution in [3.8, 4) is 11.3 Å². The minimum atomic E-state index is -0.0489. The molecule has 3 aromatic rings. The number of rotatable bonds is 4. The maximum atomic E-state index is 12.0. The molecule has 0 aliphatic carbocycles. The molecule has 0 unspecified atom stereocenters. The van der Waals surface area contributed by atoms with Crippen molar-refractivity contribution >= 4 is 11.6 Å². The summed E-state index contributed by atoms with van der Waals surface area (Å²) in [6, 6.07) is 14.6. The first-order valence-corrected chi connectivity index (χ1v) is 8.25. The minimum Gasteiger partial charge on any atom is -0.345 e. The maximum absolute atomic E-state index is 12.0. The van der Waals surface area contributed by atoms with E-state index in [4.69, 9.17) is 4.98 Å². The van der Waals surface area contributed by atoms with Gasteiger partial charge in [0.15, 0.2) is 0 Å². The third kappa shape index (κ3) is 2.47. The summed E-state index contributed by atoms with van der Waals surface area (Å²) in [7, 11) is 0. The number of nitrogens with one attached hydrogen (secondary N) is 2. The van der Waals surface area contributed by atoms with Crippen LogP contribution in [0.4, 0.5) is 0 Å². The fourth-order valence-electron chi connectivity index (χ4n) is 3.08. The normalized spacial score (nSPS) is 13.5. The van der Waals surface area contributed by atoms with Gasteiger partial charge >= 0.3 is 0 Å². The molecule has 5 nitrogen and oxygen atoms in total. The van der Waals surface area contributed by atoms with Gasteiger partial charge in [-0.15, -0.1) is 0 Å². The molecule has 1 aliphatic heterocycles. The number of amides is 1. The SMILES string of the molecule is CC(C)NCc1ccc(-c2nc3cccc4n3c2CNC4=O)cc1. The van der Waals surface area contributed by atoms with Gasteiger partial charge in [-0.25, -0.2) is 4.98 Å². The quantitative estimate of drug-likeness (QED) is 0.777. The molecule has 0 atom stereocenters. The summed E-state index contributed by atoms with van der Waals surface area (Å²) < 4.78 is 1.96. The van der Waals surface area contributed by atoms with Gasteiger partial charge in [-0.2, -0.15) is 0 Å². The Morgan fingerprint density at radius 3 is 2.75 bits per heavy atom. The van der Waals surface area contributed by atoms with E-state index in [1.54, 1.807) is 0 Å². The molecule has 0 bridgehead atoms. The van der Waals surface area contributed by atoms with Gasteiger partial charge < -0.3 is 10.6 Å². The second kappa shape index (κ2) is 5.76. The van der Waals surface area contributed by atoms with E-state index in [2.05, 4.69) is 48.7 Å². The Hall–Kier alpha value is -2.66. The zero-order chi connectivity index (χ0) is 16.7. The van der Waals surface area contributed by atoms with Gasteiger partial charge in [0.2, 0.25) is 0 Å². The Morgan fingerprint density at radius 2 is 2.00 bits per heavy atom. The fourth-order valence-corrected chi connectivity index (χ4v) is 3.08. The molecule has 5 heteroatoms. The first-order valence-electron chi connectivity index (χ1n) is 8.25. The molecule has 0 saturated heterocycles. The van der Waals surface area contributed by atoms with E-state index in [1.807, 2.05) is 22.6 Å². The van der Waals surface area contributed by atoms with Crippen LogP contribution < -0.4 is 10.6 Å². The number of carbonyl (C=O) groups excluding carboxylic acids is 1. The Morgan fingerprint density at radius 1 is 1.21 bits per heavy atom. The zero-order valence-electron chi connectivity index (χ0n) is 13.8. The lowest BCUT2D eigenvalue weighted by molar-refractivity contribution is 0.0936. The molecule has 1 amide bonds. The van der Waals surface area contributed by atoms with Gasteiger partial charge in [0, 0.05) is 18.2 Å². The second-order valence-corrected chi connectivity index (χ2v) is 6.43. The van der Waals surface area contributed by atoms with Crippen LogP contribution in [-0.2, 0) is 13.1 Å². The Balaban J connectivity index is 1.74. The van der Waals surface area contributed by atoms with Crippen LogP contribution in [-0.4, -0.2) is 21.3 Å². The molecule has 1 aromatic carbocycles. The molecule has 0 radical (unpaired) electrons. The summed E-state index contributed by atoms with van der Waals surface area (Å²) in [4.78, 5) is 16.8. The van der Waals surface area contributed by atoms with Crippen LogP contribution in [0.3, 0.4) is 0 Å². The lowest BCUT2D eigenvalue weighted by Crippen LogP contribution is -2.30. The number of pyridine rings is 1. The minimum absolute atomic E-state index is 0.0489. The monoisotopic (exact) mass is 320 g/mol. The summed E-state index contributed by atoms with van der Waals surface area (Å²) in [5, 5.41) is 6.35. The molecule has 0 fully saturated rings. The number of hydrogen-bond acceptors (Lipinski definition) is 3. The summed E-state index contributed by atoms with van der Waals surface area (Å²) in [6.45, 7) is 5.64. The summed E-state index contributed by atoms with van der Waals surface area (Å²) in [5.74, 6) is -0.0489. The maximum Gasteiger partial charge on any atom is 0.268 e. The summed E-state index contributed by atoms with van der Waals surface area (Å²) in [6.07, 6.45) is 0. The van der Waals surface area contributed by atoms with E-state index in [-0.39, 0.29) is 5.91 Å². The molecule has 24 heavy (non-hydrogen) atoms. The number of nitrogens with zero attached hydrogens (tertiary/aromatic N) is 2. The highest BCUT2D eigenvalue weighted by Crippen LogP contribution is 2.27. The Bertz CT molecular complexity index is 909. The third-order valence-corrected chi connectivity index (χ3v) is 4.33. The highest BCUT2D eigenvalue weighted by Gasteiger charge is 2.23. The number of benzene rings is 1. The van der Waals surface area contributed by atoms with Gasteiger partial charge in [0.05, 0.1) is 17.9 Å². The van der Waals surface area contributed by atoms with Gasteiger partial charge in [0.1, 0.15) is 11.3 Å². The highest BCUT2D eigenvalue weighted by molar-refractivity contribution is 5.95. The second-order valence-electron chi connectivity index (χ2n) is 6.43. The van der Waals surface area contributed by atoms with Crippen molar-refractivity contribution in [2.75, 3.05) is 0 Å². The van der Waals surface area contributed by atoms with Gasteiger partial charge in [0.25, 0.3) is 5.91 Å².